The van der Waals surface area contributed by atoms with Crippen molar-refractivity contribution in [3.05, 3.63) is 158 Å². The van der Waals surface area contributed by atoms with E-state index in [0.29, 0.717) is 52.7 Å². The molecule has 0 N–H and O–H groups in total. The van der Waals surface area contributed by atoms with Crippen LogP contribution in [-0.4, -0.2) is 23.6 Å². The second kappa shape index (κ2) is 18.3. The molecule has 4 atom stereocenters. The number of rotatable bonds is 7. The minimum Gasteiger partial charge on any atom is -0.483 e. The minimum absolute atomic E-state index is 0.0311. The number of aryl methyl sites for hydroxylation is 2. The molecule has 4 aromatic carbocycles. The molecule has 1 aliphatic carbocycles. The second-order valence-corrected chi connectivity index (χ2v) is 18.5. The Bertz CT molecular complexity index is 2450. The van der Waals surface area contributed by atoms with Crippen molar-refractivity contribution in [2.45, 2.75) is 135 Å². The lowest BCUT2D eigenvalue weighted by Gasteiger charge is -2.49. The molecule has 4 unspecified atom stereocenters. The van der Waals surface area contributed by atoms with Gasteiger partial charge < -0.3 is 18.6 Å². The maximum Gasteiger partial charge on any atom is 0.339 e. The molecule has 7 nitrogen and oxygen atoms in total. The van der Waals surface area contributed by atoms with Crippen molar-refractivity contribution in [1.29, 1.82) is 0 Å². The number of carbonyl (C=O) groups excluding carboxylic acids is 2. The molecule has 1 saturated carbocycles. The number of benzene rings is 4. The standard InChI is InChI=1S/C54H60O7/c1-34(2)44-27-25-36-19-21-39(22-20-36)31-41(24-23-38-15-12-16-40(30-38)29-37-13-8-6-9-14-37)32-47(55)58-50-48-46(28-26-42-33-45(35(3)4)53(57)59-49(42)48)61-54(5,51(50)60-52(44)56)43-17-10-7-11-18-43/h6,8-9,12-16,19-22,26,28,30,33,35,41,43,50-51H,7,10-11,17-18,23-25,27,29,31-32H2,1-5H3. The molecule has 4 heterocycles. The van der Waals surface area contributed by atoms with E-state index in [1.165, 1.54) is 16.7 Å². The van der Waals surface area contributed by atoms with Gasteiger partial charge in [0, 0.05) is 28.9 Å². The maximum atomic E-state index is 14.8. The Morgan fingerprint density at radius 1 is 0.754 bits per heavy atom. The van der Waals surface area contributed by atoms with Crippen LogP contribution in [0.5, 0.6) is 5.75 Å². The van der Waals surface area contributed by atoms with Crippen molar-refractivity contribution < 1.29 is 28.2 Å². The molecule has 318 valence electrons. The Balaban J connectivity index is 1.20. The third-order valence-electron chi connectivity index (χ3n) is 13.5. The van der Waals surface area contributed by atoms with Crippen LogP contribution in [-0.2, 0) is 44.7 Å². The molecule has 61 heavy (non-hydrogen) atoms. The third-order valence-corrected chi connectivity index (χ3v) is 13.5. The number of ether oxygens (including phenoxy) is 3. The summed E-state index contributed by atoms with van der Waals surface area (Å²) in [4.78, 5) is 42.9. The topological polar surface area (TPSA) is 92.0 Å². The van der Waals surface area contributed by atoms with Crippen LogP contribution in [0.25, 0.3) is 11.0 Å². The first-order chi connectivity index (χ1) is 29.4. The highest BCUT2D eigenvalue weighted by atomic mass is 16.6. The number of hydrogen-bond donors (Lipinski definition) is 0. The number of hydrogen-bond acceptors (Lipinski definition) is 7. The molecule has 9 rings (SSSR count). The summed E-state index contributed by atoms with van der Waals surface area (Å²) < 4.78 is 26.7. The monoisotopic (exact) mass is 820 g/mol. The fourth-order valence-corrected chi connectivity index (χ4v) is 9.99. The van der Waals surface area contributed by atoms with E-state index in [1.807, 2.05) is 58.9 Å². The lowest BCUT2D eigenvalue weighted by Crippen LogP contribution is -2.58. The lowest BCUT2D eigenvalue weighted by molar-refractivity contribution is -0.201. The van der Waals surface area contributed by atoms with Crippen molar-refractivity contribution >= 4 is 22.9 Å². The van der Waals surface area contributed by atoms with Crippen molar-refractivity contribution in [3.63, 3.8) is 0 Å². The van der Waals surface area contributed by atoms with E-state index in [4.69, 9.17) is 18.6 Å². The summed E-state index contributed by atoms with van der Waals surface area (Å²) in [6.45, 7) is 9.82. The van der Waals surface area contributed by atoms with Gasteiger partial charge in [0.2, 0.25) is 0 Å². The Labute approximate surface area is 360 Å². The van der Waals surface area contributed by atoms with Crippen molar-refractivity contribution in [2.75, 3.05) is 0 Å². The van der Waals surface area contributed by atoms with Crippen LogP contribution in [0.1, 0.15) is 137 Å². The summed E-state index contributed by atoms with van der Waals surface area (Å²) in [7, 11) is 0. The van der Waals surface area contributed by atoms with Gasteiger partial charge in [0.05, 0.1) is 5.56 Å². The summed E-state index contributed by atoms with van der Waals surface area (Å²) in [6, 6.07) is 33.5. The van der Waals surface area contributed by atoms with E-state index in [9.17, 15) is 14.4 Å². The van der Waals surface area contributed by atoms with Gasteiger partial charge in [-0.05, 0) is 130 Å². The Kier molecular flexibility index (Phi) is 12.7. The van der Waals surface area contributed by atoms with E-state index >= 15 is 0 Å². The zero-order valence-electron chi connectivity index (χ0n) is 36.5. The van der Waals surface area contributed by atoms with Gasteiger partial charge in [-0.1, -0.05) is 118 Å². The minimum atomic E-state index is -1.08. The van der Waals surface area contributed by atoms with Gasteiger partial charge >= 0.3 is 17.6 Å². The first kappa shape index (κ1) is 42.3. The molecular weight excluding hydrogens is 761 g/mol. The molecule has 0 spiro atoms. The Morgan fingerprint density at radius 3 is 2.21 bits per heavy atom. The largest absolute Gasteiger partial charge is 0.483 e. The molecular formula is C54H60O7. The van der Waals surface area contributed by atoms with E-state index < -0.39 is 35.4 Å². The third kappa shape index (κ3) is 9.41. The average molecular weight is 821 g/mol. The summed E-state index contributed by atoms with van der Waals surface area (Å²) in [5.41, 5.74) is 7.32. The predicted molar refractivity (Wildman–Crippen MR) is 240 cm³/mol. The van der Waals surface area contributed by atoms with Crippen LogP contribution in [0.15, 0.2) is 117 Å². The lowest BCUT2D eigenvalue weighted by atomic mass is 9.71. The fraction of sp³-hybridized carbons (Fsp3) is 0.426. The van der Waals surface area contributed by atoms with Gasteiger partial charge in [0.1, 0.15) is 16.9 Å². The summed E-state index contributed by atoms with van der Waals surface area (Å²) in [5.74, 6) is -0.418. The molecule has 0 saturated heterocycles. The zero-order valence-corrected chi connectivity index (χ0v) is 36.5. The summed E-state index contributed by atoms with van der Waals surface area (Å²) >= 11 is 0. The van der Waals surface area contributed by atoms with Crippen LogP contribution in [0, 0.1) is 11.8 Å². The smallest absolute Gasteiger partial charge is 0.339 e. The molecule has 5 aromatic rings. The van der Waals surface area contributed by atoms with E-state index in [-0.39, 0.29) is 24.2 Å². The zero-order chi connectivity index (χ0) is 42.7. The van der Waals surface area contributed by atoms with Gasteiger partial charge in [0.25, 0.3) is 0 Å². The molecule has 3 aliphatic heterocycles. The summed E-state index contributed by atoms with van der Waals surface area (Å²) in [6.07, 6.45) is 7.34. The molecule has 2 bridgehead atoms. The van der Waals surface area contributed by atoms with Crippen molar-refractivity contribution in [3.8, 4) is 5.75 Å². The van der Waals surface area contributed by atoms with Crippen molar-refractivity contribution in [2.24, 2.45) is 11.8 Å². The van der Waals surface area contributed by atoms with E-state index in [1.54, 1.807) is 0 Å². The van der Waals surface area contributed by atoms with E-state index in [2.05, 4.69) is 72.8 Å². The van der Waals surface area contributed by atoms with Gasteiger partial charge in [-0.25, -0.2) is 9.59 Å². The molecule has 0 amide bonds. The Hall–Kier alpha value is -5.43. The van der Waals surface area contributed by atoms with Crippen LogP contribution in [0.2, 0.25) is 0 Å². The Morgan fingerprint density at radius 2 is 1.48 bits per heavy atom. The van der Waals surface area contributed by atoms with Gasteiger partial charge in [-0.2, -0.15) is 0 Å². The molecule has 1 aromatic heterocycles. The fourth-order valence-electron chi connectivity index (χ4n) is 9.99. The average Bonchev–Trinajstić information content (AvgIpc) is 3.24. The van der Waals surface area contributed by atoms with Crippen LogP contribution in [0.4, 0.5) is 0 Å². The van der Waals surface area contributed by atoms with Gasteiger partial charge in [-0.15, -0.1) is 0 Å². The quantitative estimate of drug-likeness (QED) is 0.0917. The predicted octanol–water partition coefficient (Wildman–Crippen LogP) is 11.9. The normalized spacial score (nSPS) is 22.6. The SMILES string of the molecule is CC(C)=C1CCc2ccc(cc2)CC(CCc2cccc(Cc3ccccc3)c2)CC(=O)OC2c3c(ccc4cc(C(C)C)c(=O)oc34)OC(C)(C3CCCCC3)C2OC1=O. The second-order valence-electron chi connectivity index (χ2n) is 18.5. The molecule has 0 radical (unpaired) electrons. The summed E-state index contributed by atoms with van der Waals surface area (Å²) in [5, 5.41) is 0.695. The number of carbonyl (C=O) groups is 2. The van der Waals surface area contributed by atoms with E-state index in [0.717, 1.165) is 68.1 Å². The van der Waals surface area contributed by atoms with Gasteiger partial charge in [-0.3, -0.25) is 4.79 Å². The van der Waals surface area contributed by atoms with Crippen molar-refractivity contribution in [1.82, 2.24) is 0 Å². The molecule has 7 heteroatoms. The van der Waals surface area contributed by atoms with Crippen LogP contribution >= 0.6 is 0 Å². The van der Waals surface area contributed by atoms with Crippen LogP contribution in [0.3, 0.4) is 0 Å². The highest BCUT2D eigenvalue weighted by Gasteiger charge is 2.56. The number of fused-ring (bicyclic) bond motifs is 13. The molecule has 4 aliphatic rings. The highest BCUT2D eigenvalue weighted by Crippen LogP contribution is 2.52. The molecule has 1 fully saturated rings. The first-order valence-corrected chi connectivity index (χ1v) is 22.5. The van der Waals surface area contributed by atoms with Gasteiger partial charge in [0.15, 0.2) is 12.2 Å². The number of esters is 2. The maximum absolute atomic E-state index is 14.8. The first-order valence-electron chi connectivity index (χ1n) is 22.5. The van der Waals surface area contributed by atoms with Crippen LogP contribution < -0.4 is 10.4 Å². The highest BCUT2D eigenvalue weighted by molar-refractivity contribution is 5.90. The number of allylic oxidation sites excluding steroid dienone is 1.